The largest absolute Gasteiger partial charge is 0.494 e. The Hall–Kier alpha value is -2.64. The topological polar surface area (TPSA) is 39.4 Å². The van der Waals surface area contributed by atoms with Gasteiger partial charge in [-0.1, -0.05) is 11.6 Å². The zero-order valence-electron chi connectivity index (χ0n) is 17.9. The average molecular weight is 462 g/mol. The van der Waals surface area contributed by atoms with Gasteiger partial charge in [-0.05, 0) is 86.8 Å². The summed E-state index contributed by atoms with van der Waals surface area (Å²) >= 11 is 6.39. The summed E-state index contributed by atoms with van der Waals surface area (Å²) in [4.78, 5) is 15.0. The zero-order chi connectivity index (χ0) is 22.7. The van der Waals surface area contributed by atoms with Crippen molar-refractivity contribution < 1.29 is 13.5 Å². The highest BCUT2D eigenvalue weighted by Crippen LogP contribution is 2.24. The van der Waals surface area contributed by atoms with Gasteiger partial charge in [0.2, 0.25) is 0 Å². The Morgan fingerprint density at radius 2 is 1.59 bits per heavy atom. The van der Waals surface area contributed by atoms with Crippen molar-refractivity contribution in [3.63, 3.8) is 0 Å². The number of halogens is 3. The molecule has 0 unspecified atom stereocenters. The van der Waals surface area contributed by atoms with Crippen LogP contribution in [0.2, 0.25) is 5.02 Å². The first-order chi connectivity index (χ1) is 15.4. The molecule has 1 fully saturated rings. The monoisotopic (exact) mass is 461 g/mol. The van der Waals surface area contributed by atoms with Crippen molar-refractivity contribution in [3.05, 3.63) is 81.2 Å². The molecule has 170 valence electrons. The highest BCUT2D eigenvalue weighted by Gasteiger charge is 2.23. The second kappa shape index (κ2) is 9.88. The van der Waals surface area contributed by atoms with Crippen molar-refractivity contribution >= 4 is 11.6 Å². The normalized spacial score (nSPS) is 15.2. The molecule has 0 amide bonds. The summed E-state index contributed by atoms with van der Waals surface area (Å²) in [7, 11) is 1.80. The first kappa shape index (κ1) is 22.6. The minimum Gasteiger partial charge on any atom is -0.494 e. The second-order valence-electron chi connectivity index (χ2n) is 8.19. The van der Waals surface area contributed by atoms with Crippen LogP contribution in [-0.2, 0) is 13.6 Å². The minimum absolute atomic E-state index is 0.201. The minimum atomic E-state index is -0.353. The van der Waals surface area contributed by atoms with Crippen LogP contribution in [0.25, 0.3) is 5.69 Å². The number of benzene rings is 2. The third kappa shape index (κ3) is 5.05. The second-order valence-corrected chi connectivity index (χ2v) is 8.57. The number of nitrogens with zero attached hydrogens (tertiary/aromatic N) is 3. The van der Waals surface area contributed by atoms with Gasteiger partial charge in [-0.3, -0.25) is 14.4 Å². The van der Waals surface area contributed by atoms with Gasteiger partial charge < -0.3 is 4.74 Å². The smallest absolute Gasteiger partial charge is 0.290 e. The maximum absolute atomic E-state index is 13.3. The first-order valence-corrected chi connectivity index (χ1v) is 11.1. The van der Waals surface area contributed by atoms with E-state index in [0.717, 1.165) is 38.0 Å². The molecular formula is C24H26ClF2N3O2. The molecule has 1 aliphatic rings. The van der Waals surface area contributed by atoms with Crippen molar-refractivity contribution in [2.75, 3.05) is 19.7 Å². The van der Waals surface area contributed by atoms with E-state index in [1.165, 1.54) is 28.9 Å². The number of piperidine rings is 1. The standard InChI is InChI=1S/C24H26ClF2N3O2/c1-28-22(23(25)24(31)30(28)20-6-2-18(26)3-7-20)16-29-13-10-17(11-14-29)12-15-32-21-8-4-19(27)5-9-21/h2-9,17H,10-16H2,1H3. The molecule has 8 heteroatoms. The number of hydrogen-bond acceptors (Lipinski definition) is 3. The molecule has 1 aliphatic heterocycles. The Balaban J connectivity index is 1.32. The van der Waals surface area contributed by atoms with Crippen LogP contribution in [0.15, 0.2) is 53.3 Å². The average Bonchev–Trinajstić information content (AvgIpc) is 3.00. The third-order valence-electron chi connectivity index (χ3n) is 6.08. The summed E-state index contributed by atoms with van der Waals surface area (Å²) in [5.74, 6) is 0.628. The highest BCUT2D eigenvalue weighted by molar-refractivity contribution is 6.31. The van der Waals surface area contributed by atoms with Crippen LogP contribution in [0.5, 0.6) is 5.75 Å². The van der Waals surface area contributed by atoms with Gasteiger partial charge in [0, 0.05) is 13.6 Å². The molecule has 0 spiro atoms. The van der Waals surface area contributed by atoms with Crippen LogP contribution in [0.3, 0.4) is 0 Å². The zero-order valence-corrected chi connectivity index (χ0v) is 18.7. The maximum Gasteiger partial charge on any atom is 0.290 e. The summed E-state index contributed by atoms with van der Waals surface area (Å²) in [5.41, 5.74) is 1.02. The molecule has 0 bridgehead atoms. The van der Waals surface area contributed by atoms with Crippen LogP contribution in [-0.4, -0.2) is 34.0 Å². The van der Waals surface area contributed by atoms with Crippen LogP contribution < -0.4 is 10.3 Å². The number of likely N-dealkylation sites (tertiary alicyclic amines) is 1. The summed E-state index contributed by atoms with van der Waals surface area (Å²) in [6.07, 6.45) is 3.03. The Labute approximate surface area is 190 Å². The number of rotatable bonds is 7. The molecule has 1 aromatic heterocycles. The van der Waals surface area contributed by atoms with E-state index in [1.54, 1.807) is 36.0 Å². The van der Waals surface area contributed by atoms with Crippen molar-refractivity contribution in [3.8, 4) is 11.4 Å². The van der Waals surface area contributed by atoms with Crippen LogP contribution in [0.4, 0.5) is 8.78 Å². The van der Waals surface area contributed by atoms with E-state index >= 15 is 0 Å². The fourth-order valence-electron chi connectivity index (χ4n) is 4.18. The molecule has 32 heavy (non-hydrogen) atoms. The lowest BCUT2D eigenvalue weighted by Crippen LogP contribution is -2.34. The fraction of sp³-hybridized carbons (Fsp3) is 0.375. The van der Waals surface area contributed by atoms with Gasteiger partial charge in [-0.25, -0.2) is 13.5 Å². The van der Waals surface area contributed by atoms with Gasteiger partial charge in [0.05, 0.1) is 18.0 Å². The highest BCUT2D eigenvalue weighted by atomic mass is 35.5. The van der Waals surface area contributed by atoms with Crippen molar-refractivity contribution in [1.82, 2.24) is 14.3 Å². The third-order valence-corrected chi connectivity index (χ3v) is 6.46. The molecule has 0 atom stereocenters. The van der Waals surface area contributed by atoms with Gasteiger partial charge in [0.1, 0.15) is 22.4 Å². The molecule has 5 nitrogen and oxygen atoms in total. The van der Waals surface area contributed by atoms with Gasteiger partial charge in [0.25, 0.3) is 5.56 Å². The molecule has 0 radical (unpaired) electrons. The molecule has 0 aliphatic carbocycles. The van der Waals surface area contributed by atoms with Crippen molar-refractivity contribution in [2.45, 2.75) is 25.8 Å². The van der Waals surface area contributed by atoms with E-state index in [1.807, 2.05) is 0 Å². The lowest BCUT2D eigenvalue weighted by Gasteiger charge is -2.32. The molecular weight excluding hydrogens is 436 g/mol. The van der Waals surface area contributed by atoms with E-state index < -0.39 is 0 Å². The van der Waals surface area contributed by atoms with Gasteiger partial charge in [0.15, 0.2) is 0 Å². The van der Waals surface area contributed by atoms with Crippen molar-refractivity contribution in [2.24, 2.45) is 13.0 Å². The Morgan fingerprint density at radius 1 is 1.00 bits per heavy atom. The molecule has 0 saturated carbocycles. The van der Waals surface area contributed by atoms with Crippen molar-refractivity contribution in [1.29, 1.82) is 0 Å². The van der Waals surface area contributed by atoms with E-state index in [0.29, 0.717) is 30.5 Å². The van der Waals surface area contributed by atoms with Gasteiger partial charge in [-0.15, -0.1) is 0 Å². The summed E-state index contributed by atoms with van der Waals surface area (Å²) in [6.45, 7) is 3.01. The number of aromatic nitrogens is 2. The molecule has 2 aromatic carbocycles. The van der Waals surface area contributed by atoms with Gasteiger partial charge in [-0.2, -0.15) is 0 Å². The molecule has 3 aromatic rings. The summed E-state index contributed by atoms with van der Waals surface area (Å²) < 4.78 is 35.2. The first-order valence-electron chi connectivity index (χ1n) is 10.8. The van der Waals surface area contributed by atoms with Crippen LogP contribution in [0, 0.1) is 17.6 Å². The van der Waals surface area contributed by atoms with Crippen LogP contribution >= 0.6 is 11.6 Å². The molecule has 1 saturated heterocycles. The van der Waals surface area contributed by atoms with E-state index in [4.69, 9.17) is 16.3 Å². The van der Waals surface area contributed by atoms with E-state index in [2.05, 4.69) is 4.90 Å². The Kier molecular flexibility index (Phi) is 6.96. The summed E-state index contributed by atoms with van der Waals surface area (Å²) in [6, 6.07) is 11.9. The maximum atomic E-state index is 13.3. The van der Waals surface area contributed by atoms with E-state index in [9.17, 15) is 13.6 Å². The summed E-state index contributed by atoms with van der Waals surface area (Å²) in [5, 5.41) is 0.201. The lowest BCUT2D eigenvalue weighted by atomic mass is 9.94. The van der Waals surface area contributed by atoms with E-state index in [-0.39, 0.29) is 22.2 Å². The number of ether oxygens (including phenoxy) is 1. The quantitative estimate of drug-likeness (QED) is 0.508. The lowest BCUT2D eigenvalue weighted by molar-refractivity contribution is 0.155. The predicted molar refractivity (Wildman–Crippen MR) is 120 cm³/mol. The molecule has 0 N–H and O–H groups in total. The molecule has 4 rings (SSSR count). The predicted octanol–water partition coefficient (Wildman–Crippen LogP) is 4.79. The SMILES string of the molecule is Cn1c(CN2CCC(CCOc3ccc(F)cc3)CC2)c(Cl)c(=O)n1-c1ccc(F)cc1. The molecule has 2 heterocycles. The van der Waals surface area contributed by atoms with Gasteiger partial charge >= 0.3 is 0 Å². The Morgan fingerprint density at radius 3 is 2.22 bits per heavy atom. The fourth-order valence-corrected chi connectivity index (χ4v) is 4.44. The number of hydrogen-bond donors (Lipinski definition) is 0. The Bertz CT molecular complexity index is 1100. The van der Waals surface area contributed by atoms with Crippen LogP contribution in [0.1, 0.15) is 25.0 Å².